The third-order valence-electron chi connectivity index (χ3n) is 3.14. The van der Waals surface area contributed by atoms with Crippen LogP contribution in [0.1, 0.15) is 0 Å². The number of halogens is 2. The summed E-state index contributed by atoms with van der Waals surface area (Å²) in [4.78, 5) is 20.9. The quantitative estimate of drug-likeness (QED) is 0.339. The molecule has 0 aliphatic carbocycles. The van der Waals surface area contributed by atoms with Gasteiger partial charge in [-0.15, -0.1) is 0 Å². The minimum Gasteiger partial charge on any atom is -0.363 e. The van der Waals surface area contributed by atoms with Gasteiger partial charge in [-0.05, 0) is 44.4 Å². The summed E-state index contributed by atoms with van der Waals surface area (Å²) in [5.74, 6) is -1.36. The van der Waals surface area contributed by atoms with Crippen molar-refractivity contribution in [1.29, 1.82) is 0 Å². The summed E-state index contributed by atoms with van der Waals surface area (Å²) in [6.07, 6.45) is 0. The highest BCUT2D eigenvalue weighted by molar-refractivity contribution is 9.10. The van der Waals surface area contributed by atoms with Crippen molar-refractivity contribution in [3.05, 3.63) is 39.0 Å². The van der Waals surface area contributed by atoms with Crippen molar-refractivity contribution in [1.82, 2.24) is 20.0 Å². The van der Waals surface area contributed by atoms with Gasteiger partial charge in [0.25, 0.3) is 0 Å². The van der Waals surface area contributed by atoms with Gasteiger partial charge in [-0.3, -0.25) is 9.05 Å². The standard InChI is InChI=1S/C12H11BrFN6O6P/c13-7-5-6(1-2-8(7)14)20-11(19-25-12(20)21)9-10(18-26-17-9)16-3-4-24-27(15,22)23/h1-2,5H,3-4H2,(H,16,18)(H3,15,22,23). The molecule has 1 aromatic carbocycles. The van der Waals surface area contributed by atoms with E-state index < -0.39 is 19.3 Å². The van der Waals surface area contributed by atoms with Gasteiger partial charge in [-0.1, -0.05) is 5.16 Å². The molecular formula is C12H11BrFN6O6P. The van der Waals surface area contributed by atoms with E-state index >= 15 is 0 Å². The summed E-state index contributed by atoms with van der Waals surface area (Å²) >= 11 is 3.03. The van der Waals surface area contributed by atoms with Gasteiger partial charge in [0.2, 0.25) is 11.6 Å². The maximum atomic E-state index is 13.5. The Labute approximate surface area is 157 Å². The Morgan fingerprint density at radius 3 is 2.89 bits per heavy atom. The summed E-state index contributed by atoms with van der Waals surface area (Å²) in [6.45, 7) is -0.194. The van der Waals surface area contributed by atoms with Crippen molar-refractivity contribution in [3.8, 4) is 17.2 Å². The van der Waals surface area contributed by atoms with E-state index in [0.29, 0.717) is 0 Å². The van der Waals surface area contributed by atoms with Gasteiger partial charge in [-0.25, -0.2) is 28.5 Å². The molecule has 0 amide bonds. The van der Waals surface area contributed by atoms with Crippen molar-refractivity contribution < 1.29 is 27.5 Å². The summed E-state index contributed by atoms with van der Waals surface area (Å²) in [6, 6.07) is 3.85. The second kappa shape index (κ2) is 7.70. The molecule has 0 fully saturated rings. The molecule has 12 nitrogen and oxygen atoms in total. The Bertz CT molecular complexity index is 1060. The van der Waals surface area contributed by atoms with Crippen LogP contribution >= 0.6 is 23.7 Å². The van der Waals surface area contributed by atoms with Crippen LogP contribution in [-0.4, -0.2) is 38.1 Å². The Balaban J connectivity index is 1.88. The van der Waals surface area contributed by atoms with Crippen LogP contribution in [0.4, 0.5) is 10.2 Å². The average Bonchev–Trinajstić information content (AvgIpc) is 3.19. The molecular weight excluding hydrogens is 454 g/mol. The zero-order valence-electron chi connectivity index (χ0n) is 13.2. The number of aromatic nitrogens is 4. The number of nitrogens with two attached hydrogens (primary N) is 1. The SMILES string of the molecule is NP(=O)(O)OCCNc1nonc1-c1noc(=O)n1-c1ccc(F)c(Br)c1. The van der Waals surface area contributed by atoms with Gasteiger partial charge in [-0.2, -0.15) is 0 Å². The van der Waals surface area contributed by atoms with Crippen molar-refractivity contribution in [2.75, 3.05) is 18.5 Å². The number of nitrogens with one attached hydrogen (secondary N) is 1. The number of anilines is 1. The average molecular weight is 465 g/mol. The molecule has 0 saturated carbocycles. The van der Waals surface area contributed by atoms with Crippen LogP contribution in [0, 0.1) is 5.82 Å². The molecule has 0 spiro atoms. The number of hydrogen-bond acceptors (Lipinski definition) is 9. The van der Waals surface area contributed by atoms with Crippen LogP contribution in [0.5, 0.6) is 0 Å². The van der Waals surface area contributed by atoms with Crippen LogP contribution in [0.25, 0.3) is 17.2 Å². The number of benzene rings is 1. The minimum absolute atomic E-state index is 0.0150. The van der Waals surface area contributed by atoms with E-state index in [-0.39, 0.29) is 40.6 Å². The molecule has 27 heavy (non-hydrogen) atoms. The lowest BCUT2D eigenvalue weighted by atomic mass is 10.3. The van der Waals surface area contributed by atoms with E-state index in [2.05, 4.69) is 50.4 Å². The molecule has 0 radical (unpaired) electrons. The van der Waals surface area contributed by atoms with Gasteiger partial charge in [0.05, 0.1) is 16.8 Å². The zero-order valence-corrected chi connectivity index (χ0v) is 15.7. The molecule has 0 saturated heterocycles. The van der Waals surface area contributed by atoms with Crippen LogP contribution in [0.2, 0.25) is 0 Å². The first-order chi connectivity index (χ1) is 12.8. The Morgan fingerprint density at radius 1 is 1.41 bits per heavy atom. The van der Waals surface area contributed by atoms with Crippen molar-refractivity contribution in [3.63, 3.8) is 0 Å². The second-order valence-electron chi connectivity index (χ2n) is 4.99. The van der Waals surface area contributed by atoms with Gasteiger partial charge >= 0.3 is 13.5 Å². The molecule has 3 aromatic rings. The molecule has 1 unspecified atom stereocenters. The molecule has 15 heteroatoms. The van der Waals surface area contributed by atoms with Gasteiger partial charge < -0.3 is 10.2 Å². The van der Waals surface area contributed by atoms with E-state index in [4.69, 9.17) is 10.4 Å². The largest absolute Gasteiger partial charge is 0.446 e. The fraction of sp³-hybridized carbons (Fsp3) is 0.167. The van der Waals surface area contributed by atoms with Gasteiger partial charge in [0.15, 0.2) is 5.69 Å². The smallest absolute Gasteiger partial charge is 0.363 e. The van der Waals surface area contributed by atoms with Gasteiger partial charge in [0.1, 0.15) is 5.82 Å². The predicted octanol–water partition coefficient (Wildman–Crippen LogP) is 1.26. The third-order valence-corrected chi connectivity index (χ3v) is 4.30. The normalized spacial score (nSPS) is 13.5. The number of hydrogen-bond donors (Lipinski definition) is 3. The van der Waals surface area contributed by atoms with Crippen LogP contribution in [0.15, 0.2) is 36.6 Å². The van der Waals surface area contributed by atoms with Crippen LogP contribution in [-0.2, 0) is 9.09 Å². The zero-order chi connectivity index (χ0) is 19.6. The summed E-state index contributed by atoms with van der Waals surface area (Å²) in [7, 11) is -4.10. The molecule has 3 rings (SSSR count). The Morgan fingerprint density at radius 2 is 2.19 bits per heavy atom. The van der Waals surface area contributed by atoms with Crippen molar-refractivity contribution in [2.45, 2.75) is 0 Å². The lowest BCUT2D eigenvalue weighted by Crippen LogP contribution is -2.15. The topological polar surface area (TPSA) is 172 Å². The summed E-state index contributed by atoms with van der Waals surface area (Å²) < 4.78 is 39.3. The van der Waals surface area contributed by atoms with E-state index in [0.717, 1.165) is 10.6 Å². The number of nitrogens with zero attached hydrogens (tertiary/aromatic N) is 4. The summed E-state index contributed by atoms with van der Waals surface area (Å²) in [5, 5.41) is 13.7. The first kappa shape index (κ1) is 19.4. The van der Waals surface area contributed by atoms with Crippen molar-refractivity contribution in [2.24, 2.45) is 5.50 Å². The first-order valence-corrected chi connectivity index (χ1v) is 9.57. The Hall–Kier alpha value is -2.38. The molecule has 0 aliphatic rings. The fourth-order valence-corrected chi connectivity index (χ4v) is 2.77. The highest BCUT2D eigenvalue weighted by Gasteiger charge is 2.23. The lowest BCUT2D eigenvalue weighted by Gasteiger charge is -2.07. The van der Waals surface area contributed by atoms with E-state index in [1.807, 2.05) is 0 Å². The lowest BCUT2D eigenvalue weighted by molar-refractivity contribution is 0.270. The van der Waals surface area contributed by atoms with Crippen LogP contribution < -0.4 is 16.6 Å². The second-order valence-corrected chi connectivity index (χ2v) is 7.23. The van der Waals surface area contributed by atoms with E-state index in [9.17, 15) is 13.8 Å². The summed E-state index contributed by atoms with van der Waals surface area (Å²) in [5.41, 5.74) is 5.12. The van der Waals surface area contributed by atoms with E-state index in [1.54, 1.807) is 0 Å². The van der Waals surface area contributed by atoms with Crippen molar-refractivity contribution >= 4 is 29.5 Å². The maximum absolute atomic E-state index is 13.5. The predicted molar refractivity (Wildman–Crippen MR) is 91.5 cm³/mol. The number of rotatable bonds is 7. The highest BCUT2D eigenvalue weighted by Crippen LogP contribution is 2.30. The molecule has 2 heterocycles. The molecule has 144 valence electrons. The molecule has 0 aliphatic heterocycles. The monoisotopic (exact) mass is 464 g/mol. The van der Waals surface area contributed by atoms with E-state index in [1.165, 1.54) is 12.1 Å². The Kier molecular flexibility index (Phi) is 5.53. The molecule has 1 atom stereocenters. The minimum atomic E-state index is -4.10. The fourth-order valence-electron chi connectivity index (χ4n) is 2.05. The van der Waals surface area contributed by atoms with Crippen LogP contribution in [0.3, 0.4) is 0 Å². The molecule has 0 bridgehead atoms. The first-order valence-electron chi connectivity index (χ1n) is 7.13. The maximum Gasteiger partial charge on any atom is 0.446 e. The third kappa shape index (κ3) is 4.48. The molecule has 4 N–H and O–H groups in total. The molecule has 2 aromatic heterocycles. The van der Waals surface area contributed by atoms with Gasteiger partial charge in [0, 0.05) is 6.54 Å². The highest BCUT2D eigenvalue weighted by atomic mass is 79.9.